The molecule has 0 unspecified atom stereocenters. The van der Waals surface area contributed by atoms with E-state index in [4.69, 9.17) is 4.74 Å². The van der Waals surface area contributed by atoms with E-state index in [1.165, 1.54) is 6.42 Å². The van der Waals surface area contributed by atoms with Crippen LogP contribution in [-0.4, -0.2) is 29.2 Å². The molecule has 1 saturated heterocycles. The zero-order valence-electron chi connectivity index (χ0n) is 11.2. The van der Waals surface area contributed by atoms with Gasteiger partial charge in [-0.25, -0.2) is 0 Å². The number of hydrogen-bond acceptors (Lipinski definition) is 4. The summed E-state index contributed by atoms with van der Waals surface area (Å²) in [6.07, 6.45) is 12.4. The summed E-state index contributed by atoms with van der Waals surface area (Å²) >= 11 is 0. The molecule has 0 amide bonds. The standard InChI is InChI=1S/C16H17N3O/c1(13-3-6-17-7-4-13)2-14-9-16(11-18-10-14)20-12-15-5-8-19-15/h1-4,6-7,9-11,15,19H,5,8,12H2/t15-/m0/s1. The topological polar surface area (TPSA) is 47.0 Å². The Hall–Kier alpha value is -2.20. The fraction of sp³-hybridized carbons (Fsp3) is 0.250. The first-order valence-electron chi connectivity index (χ1n) is 6.79. The van der Waals surface area contributed by atoms with E-state index >= 15 is 0 Å². The van der Waals surface area contributed by atoms with Gasteiger partial charge in [0, 0.05) is 24.6 Å². The Morgan fingerprint density at radius 2 is 1.95 bits per heavy atom. The van der Waals surface area contributed by atoms with Gasteiger partial charge in [0.25, 0.3) is 0 Å². The lowest BCUT2D eigenvalue weighted by Crippen LogP contribution is -2.46. The molecule has 20 heavy (non-hydrogen) atoms. The number of hydrogen-bond donors (Lipinski definition) is 1. The van der Waals surface area contributed by atoms with Crippen LogP contribution in [0.15, 0.2) is 43.0 Å². The lowest BCUT2D eigenvalue weighted by atomic mass is 10.1. The fourth-order valence-electron chi connectivity index (χ4n) is 1.96. The number of ether oxygens (including phenoxy) is 1. The van der Waals surface area contributed by atoms with Crippen molar-refractivity contribution in [1.82, 2.24) is 15.3 Å². The summed E-state index contributed by atoms with van der Waals surface area (Å²) in [6.45, 7) is 1.81. The minimum atomic E-state index is 0.492. The number of nitrogens with one attached hydrogen (secondary N) is 1. The summed E-state index contributed by atoms with van der Waals surface area (Å²) < 4.78 is 5.73. The summed E-state index contributed by atoms with van der Waals surface area (Å²) in [5, 5.41) is 3.31. The van der Waals surface area contributed by atoms with Crippen LogP contribution < -0.4 is 10.1 Å². The van der Waals surface area contributed by atoms with Crippen molar-refractivity contribution in [2.45, 2.75) is 12.5 Å². The summed E-state index contributed by atoms with van der Waals surface area (Å²) in [4.78, 5) is 8.21. The van der Waals surface area contributed by atoms with E-state index in [1.807, 2.05) is 36.5 Å². The highest BCUT2D eigenvalue weighted by Crippen LogP contribution is 2.15. The maximum atomic E-state index is 5.73. The molecule has 1 atom stereocenters. The van der Waals surface area contributed by atoms with E-state index in [1.54, 1.807) is 18.6 Å². The van der Waals surface area contributed by atoms with E-state index in [0.717, 1.165) is 23.4 Å². The van der Waals surface area contributed by atoms with Gasteiger partial charge < -0.3 is 10.1 Å². The summed E-state index contributed by atoms with van der Waals surface area (Å²) in [5.74, 6) is 0.815. The van der Waals surface area contributed by atoms with Crippen molar-refractivity contribution < 1.29 is 4.74 Å². The molecule has 0 spiro atoms. The van der Waals surface area contributed by atoms with Gasteiger partial charge in [-0.3, -0.25) is 9.97 Å². The molecule has 1 aliphatic heterocycles. The molecule has 2 aromatic rings. The Bertz CT molecular complexity index is 579. The number of aromatic nitrogens is 2. The van der Waals surface area contributed by atoms with Crippen LogP contribution in [-0.2, 0) is 0 Å². The van der Waals surface area contributed by atoms with Crippen molar-refractivity contribution in [2.75, 3.05) is 13.2 Å². The largest absolute Gasteiger partial charge is 0.490 e. The lowest BCUT2D eigenvalue weighted by molar-refractivity contribution is 0.217. The molecule has 102 valence electrons. The molecular weight excluding hydrogens is 250 g/mol. The highest BCUT2D eigenvalue weighted by Gasteiger charge is 2.16. The van der Waals surface area contributed by atoms with E-state index in [0.29, 0.717) is 12.6 Å². The molecule has 0 aliphatic carbocycles. The first kappa shape index (κ1) is 12.8. The van der Waals surface area contributed by atoms with Gasteiger partial charge in [-0.2, -0.15) is 0 Å². The van der Waals surface area contributed by atoms with Crippen LogP contribution in [0.25, 0.3) is 12.2 Å². The zero-order valence-corrected chi connectivity index (χ0v) is 11.2. The summed E-state index contributed by atoms with van der Waals surface area (Å²) in [7, 11) is 0. The van der Waals surface area contributed by atoms with Gasteiger partial charge in [0.05, 0.1) is 6.20 Å². The van der Waals surface area contributed by atoms with Gasteiger partial charge >= 0.3 is 0 Å². The number of rotatable bonds is 5. The van der Waals surface area contributed by atoms with E-state index < -0.39 is 0 Å². The van der Waals surface area contributed by atoms with Crippen LogP contribution >= 0.6 is 0 Å². The molecule has 1 aliphatic rings. The van der Waals surface area contributed by atoms with Gasteiger partial charge in [0.1, 0.15) is 12.4 Å². The third-order valence-electron chi connectivity index (χ3n) is 3.29. The second-order valence-corrected chi connectivity index (χ2v) is 4.82. The van der Waals surface area contributed by atoms with Crippen molar-refractivity contribution in [2.24, 2.45) is 0 Å². The fourth-order valence-corrected chi connectivity index (χ4v) is 1.96. The first-order chi connectivity index (χ1) is 9.90. The Morgan fingerprint density at radius 3 is 2.70 bits per heavy atom. The molecule has 1 fully saturated rings. The Labute approximate surface area is 118 Å². The molecule has 1 N–H and O–H groups in total. The SMILES string of the molecule is C(=Cc1cncc(OC[C@@H]2CCN2)c1)c1ccncc1. The van der Waals surface area contributed by atoms with Crippen LogP contribution in [0.5, 0.6) is 5.75 Å². The number of pyridine rings is 2. The third-order valence-corrected chi connectivity index (χ3v) is 3.29. The molecule has 0 radical (unpaired) electrons. The Balaban J connectivity index is 1.63. The second-order valence-electron chi connectivity index (χ2n) is 4.82. The molecule has 2 aromatic heterocycles. The van der Waals surface area contributed by atoms with Crippen molar-refractivity contribution in [1.29, 1.82) is 0 Å². The molecule has 4 nitrogen and oxygen atoms in total. The zero-order chi connectivity index (χ0) is 13.6. The van der Waals surface area contributed by atoms with Crippen LogP contribution in [0.2, 0.25) is 0 Å². The van der Waals surface area contributed by atoms with Gasteiger partial charge in [-0.15, -0.1) is 0 Å². The van der Waals surface area contributed by atoms with E-state index in [9.17, 15) is 0 Å². The molecule has 4 heteroatoms. The normalized spacial score (nSPS) is 17.9. The minimum absolute atomic E-state index is 0.492. The average Bonchev–Trinajstić information content (AvgIpc) is 2.45. The number of nitrogens with zero attached hydrogens (tertiary/aromatic N) is 2. The van der Waals surface area contributed by atoms with Crippen LogP contribution in [0.1, 0.15) is 17.5 Å². The summed E-state index contributed by atoms with van der Waals surface area (Å²) in [6, 6.07) is 6.42. The van der Waals surface area contributed by atoms with Gasteiger partial charge in [-0.05, 0) is 42.3 Å². The molecule has 3 heterocycles. The lowest BCUT2D eigenvalue weighted by Gasteiger charge is -2.27. The predicted molar refractivity (Wildman–Crippen MR) is 79.3 cm³/mol. The molecular formula is C16H17N3O. The maximum absolute atomic E-state index is 5.73. The van der Waals surface area contributed by atoms with Gasteiger partial charge in [0.2, 0.25) is 0 Å². The van der Waals surface area contributed by atoms with Crippen LogP contribution in [0.4, 0.5) is 0 Å². The van der Waals surface area contributed by atoms with Crippen LogP contribution in [0, 0.1) is 0 Å². The van der Waals surface area contributed by atoms with Gasteiger partial charge in [-0.1, -0.05) is 12.2 Å². The Kier molecular flexibility index (Phi) is 4.04. The maximum Gasteiger partial charge on any atom is 0.138 e. The highest BCUT2D eigenvalue weighted by atomic mass is 16.5. The second kappa shape index (κ2) is 6.30. The van der Waals surface area contributed by atoms with Crippen molar-refractivity contribution in [3.8, 4) is 5.75 Å². The smallest absolute Gasteiger partial charge is 0.138 e. The summed E-state index contributed by atoms with van der Waals surface area (Å²) in [5.41, 5.74) is 2.14. The van der Waals surface area contributed by atoms with Gasteiger partial charge in [0.15, 0.2) is 0 Å². The monoisotopic (exact) mass is 267 g/mol. The van der Waals surface area contributed by atoms with Crippen molar-refractivity contribution in [3.05, 3.63) is 54.1 Å². The predicted octanol–water partition coefficient (Wildman–Crippen LogP) is 2.39. The molecule has 0 aromatic carbocycles. The molecule has 0 bridgehead atoms. The minimum Gasteiger partial charge on any atom is -0.490 e. The highest BCUT2D eigenvalue weighted by molar-refractivity contribution is 5.69. The third kappa shape index (κ3) is 3.42. The van der Waals surface area contributed by atoms with E-state index in [-0.39, 0.29) is 0 Å². The van der Waals surface area contributed by atoms with Crippen molar-refractivity contribution >= 4 is 12.2 Å². The first-order valence-corrected chi connectivity index (χ1v) is 6.79. The van der Waals surface area contributed by atoms with Crippen molar-refractivity contribution in [3.63, 3.8) is 0 Å². The quantitative estimate of drug-likeness (QED) is 0.903. The molecule has 0 saturated carbocycles. The van der Waals surface area contributed by atoms with Crippen LogP contribution in [0.3, 0.4) is 0 Å². The molecule has 3 rings (SSSR count). The van der Waals surface area contributed by atoms with E-state index in [2.05, 4.69) is 15.3 Å². The average molecular weight is 267 g/mol. The Morgan fingerprint density at radius 1 is 1.15 bits per heavy atom.